The summed E-state index contributed by atoms with van der Waals surface area (Å²) in [6.07, 6.45) is 0. The van der Waals surface area contributed by atoms with E-state index in [0.29, 0.717) is 32.0 Å². The van der Waals surface area contributed by atoms with Crippen molar-refractivity contribution in [1.82, 2.24) is 9.78 Å². The molecule has 28 heavy (non-hydrogen) atoms. The summed E-state index contributed by atoms with van der Waals surface area (Å²) >= 11 is 7.00. The zero-order valence-corrected chi connectivity index (χ0v) is 19.0. The topological polar surface area (TPSA) is 76.4 Å². The number of aliphatic carboxylic acids is 1. The van der Waals surface area contributed by atoms with Crippen molar-refractivity contribution in [2.75, 3.05) is 11.9 Å². The Hall–Kier alpha value is -2.06. The van der Waals surface area contributed by atoms with Crippen LogP contribution < -0.4 is 10.1 Å². The van der Waals surface area contributed by atoms with Crippen LogP contribution in [0.4, 0.5) is 5.69 Å². The van der Waals surface area contributed by atoms with Crippen molar-refractivity contribution >= 4 is 54.4 Å². The number of aryl methyl sites for hydroxylation is 1. The summed E-state index contributed by atoms with van der Waals surface area (Å²) in [5.41, 5.74) is 2.73. The molecule has 1 heterocycles. The van der Waals surface area contributed by atoms with Gasteiger partial charge in [0.15, 0.2) is 5.75 Å². The maximum absolute atomic E-state index is 10.7. The van der Waals surface area contributed by atoms with Crippen LogP contribution in [0.2, 0.25) is 0 Å². The fraction of sp³-hybridized carbons (Fsp3) is 0.300. The first-order valence-corrected chi connectivity index (χ1v) is 10.4. The number of hydrogen-bond acceptors (Lipinski definition) is 4. The summed E-state index contributed by atoms with van der Waals surface area (Å²) < 4.78 is 9.56. The molecule has 2 aromatic carbocycles. The van der Waals surface area contributed by atoms with E-state index >= 15 is 0 Å². The molecule has 0 unspecified atom stereocenters. The van der Waals surface area contributed by atoms with Gasteiger partial charge in [-0.25, -0.2) is 0 Å². The Labute approximate surface area is 180 Å². The predicted molar refractivity (Wildman–Crippen MR) is 117 cm³/mol. The molecule has 2 N–H and O–H groups in total. The van der Waals surface area contributed by atoms with Gasteiger partial charge >= 0.3 is 5.97 Å². The molecular weight excluding hydrogens is 490 g/mol. The lowest BCUT2D eigenvalue weighted by atomic mass is 10.2. The van der Waals surface area contributed by atoms with Crippen molar-refractivity contribution < 1.29 is 14.6 Å². The monoisotopic (exact) mass is 509 g/mol. The number of anilines is 1. The minimum absolute atomic E-state index is 0.157. The number of hydrogen-bond donors (Lipinski definition) is 2. The number of carboxylic acids is 1. The quantitative estimate of drug-likeness (QED) is 0.419. The van der Waals surface area contributed by atoms with E-state index in [0.717, 1.165) is 23.1 Å². The summed E-state index contributed by atoms with van der Waals surface area (Å²) in [4.78, 5) is 10.7. The predicted octanol–water partition coefficient (Wildman–Crippen LogP) is 5.81. The lowest BCUT2D eigenvalue weighted by Crippen LogP contribution is -2.12. The smallest absolute Gasteiger partial charge is 0.322 e. The third-order valence-electron chi connectivity index (χ3n) is 4.17. The molecule has 0 spiro atoms. The number of fused-ring (bicyclic) bond motifs is 1. The van der Waals surface area contributed by atoms with Crippen molar-refractivity contribution in [3.05, 3.63) is 45.0 Å². The highest BCUT2D eigenvalue weighted by Crippen LogP contribution is 2.40. The Morgan fingerprint density at radius 2 is 1.93 bits per heavy atom. The number of aromatic nitrogens is 2. The summed E-state index contributed by atoms with van der Waals surface area (Å²) in [7, 11) is 0. The SMILES string of the molecule is Cc1c2cc(Oc3c(Br)cc(NCC(=O)O)cc3Br)ccc2nn1CC(C)C. The molecule has 0 saturated heterocycles. The molecule has 6 nitrogen and oxygen atoms in total. The lowest BCUT2D eigenvalue weighted by molar-refractivity contribution is -0.134. The Morgan fingerprint density at radius 1 is 1.25 bits per heavy atom. The second kappa shape index (κ2) is 8.53. The first kappa shape index (κ1) is 20.7. The molecule has 1 aromatic heterocycles. The minimum Gasteiger partial charge on any atom is -0.480 e. The van der Waals surface area contributed by atoms with E-state index in [4.69, 9.17) is 9.84 Å². The Bertz CT molecular complexity index is 1010. The number of nitrogens with zero attached hydrogens (tertiary/aromatic N) is 2. The van der Waals surface area contributed by atoms with Crippen molar-refractivity contribution in [1.29, 1.82) is 0 Å². The van der Waals surface area contributed by atoms with Gasteiger partial charge in [0.1, 0.15) is 12.3 Å². The Kier molecular flexibility index (Phi) is 6.30. The van der Waals surface area contributed by atoms with E-state index in [1.807, 2.05) is 22.9 Å². The number of ether oxygens (including phenoxy) is 1. The number of halogens is 2. The number of nitrogens with one attached hydrogen (secondary N) is 1. The van der Waals surface area contributed by atoms with Crippen LogP contribution in [0, 0.1) is 12.8 Å². The van der Waals surface area contributed by atoms with Gasteiger partial charge in [-0.1, -0.05) is 13.8 Å². The van der Waals surface area contributed by atoms with Gasteiger partial charge in [0.05, 0.1) is 14.5 Å². The highest BCUT2D eigenvalue weighted by molar-refractivity contribution is 9.11. The molecule has 0 bridgehead atoms. The second-order valence-corrected chi connectivity index (χ2v) is 8.67. The van der Waals surface area contributed by atoms with Crippen LogP contribution in [0.5, 0.6) is 11.5 Å². The molecule has 3 aromatic rings. The third kappa shape index (κ3) is 4.67. The van der Waals surface area contributed by atoms with Gasteiger partial charge in [-0.3, -0.25) is 9.48 Å². The van der Waals surface area contributed by atoms with E-state index in [2.05, 4.69) is 63.0 Å². The fourth-order valence-corrected chi connectivity index (χ4v) is 4.23. The molecule has 0 aliphatic carbocycles. The number of carboxylic acid groups (broad SMARTS) is 1. The molecular formula is C20H21Br2N3O3. The molecule has 0 fully saturated rings. The van der Waals surface area contributed by atoms with Crippen molar-refractivity contribution in [3.8, 4) is 11.5 Å². The normalized spacial score (nSPS) is 11.2. The van der Waals surface area contributed by atoms with Crippen LogP contribution >= 0.6 is 31.9 Å². The lowest BCUT2D eigenvalue weighted by Gasteiger charge is -2.13. The molecule has 0 saturated carbocycles. The van der Waals surface area contributed by atoms with Gasteiger partial charge in [-0.05, 0) is 75.0 Å². The van der Waals surface area contributed by atoms with E-state index in [-0.39, 0.29) is 6.54 Å². The largest absolute Gasteiger partial charge is 0.480 e. The Balaban J connectivity index is 1.88. The Morgan fingerprint density at radius 3 is 2.54 bits per heavy atom. The standard InChI is InChI=1S/C20H21Br2N3O3/c1-11(2)10-25-12(3)15-8-14(4-5-18(15)24-25)28-20-16(21)6-13(7-17(20)22)23-9-19(26)27/h4-8,11,23H,9-10H2,1-3H3,(H,26,27). The van der Waals surface area contributed by atoms with Crippen LogP contribution in [0.1, 0.15) is 19.5 Å². The van der Waals surface area contributed by atoms with Crippen molar-refractivity contribution in [2.45, 2.75) is 27.3 Å². The summed E-state index contributed by atoms with van der Waals surface area (Å²) in [5, 5.41) is 17.4. The van der Waals surface area contributed by atoms with E-state index in [1.165, 1.54) is 0 Å². The van der Waals surface area contributed by atoms with Gasteiger partial charge in [-0.2, -0.15) is 5.10 Å². The summed E-state index contributed by atoms with van der Waals surface area (Å²) in [6, 6.07) is 9.41. The molecule has 0 aliphatic rings. The zero-order valence-electron chi connectivity index (χ0n) is 15.8. The van der Waals surface area contributed by atoms with Gasteiger partial charge < -0.3 is 15.2 Å². The molecule has 8 heteroatoms. The van der Waals surface area contributed by atoms with Crippen LogP contribution in [0.25, 0.3) is 10.9 Å². The third-order valence-corrected chi connectivity index (χ3v) is 5.35. The van der Waals surface area contributed by atoms with E-state index in [1.54, 1.807) is 12.1 Å². The molecule has 0 atom stereocenters. The van der Waals surface area contributed by atoms with E-state index < -0.39 is 5.97 Å². The van der Waals surface area contributed by atoms with Crippen molar-refractivity contribution in [3.63, 3.8) is 0 Å². The molecule has 0 amide bonds. The second-order valence-electron chi connectivity index (χ2n) is 6.96. The fourth-order valence-electron chi connectivity index (χ4n) is 2.88. The molecule has 3 rings (SSSR count). The summed E-state index contributed by atoms with van der Waals surface area (Å²) in [5.74, 6) is 0.915. The average Bonchev–Trinajstić information content (AvgIpc) is 2.91. The van der Waals surface area contributed by atoms with Crippen LogP contribution in [0.15, 0.2) is 39.3 Å². The first-order chi connectivity index (χ1) is 13.2. The van der Waals surface area contributed by atoms with Crippen LogP contribution in [-0.4, -0.2) is 27.4 Å². The summed E-state index contributed by atoms with van der Waals surface area (Å²) in [6.45, 7) is 7.12. The molecule has 148 valence electrons. The molecule has 0 radical (unpaired) electrons. The maximum Gasteiger partial charge on any atom is 0.322 e. The zero-order chi connectivity index (χ0) is 20.4. The number of benzene rings is 2. The van der Waals surface area contributed by atoms with Crippen LogP contribution in [0.3, 0.4) is 0 Å². The number of rotatable bonds is 7. The minimum atomic E-state index is -0.922. The van der Waals surface area contributed by atoms with E-state index in [9.17, 15) is 4.79 Å². The van der Waals surface area contributed by atoms with Gasteiger partial charge in [-0.15, -0.1) is 0 Å². The highest BCUT2D eigenvalue weighted by Gasteiger charge is 2.14. The van der Waals surface area contributed by atoms with Gasteiger partial charge in [0.25, 0.3) is 0 Å². The highest BCUT2D eigenvalue weighted by atomic mass is 79.9. The van der Waals surface area contributed by atoms with Crippen molar-refractivity contribution in [2.24, 2.45) is 5.92 Å². The molecule has 0 aliphatic heterocycles. The first-order valence-electron chi connectivity index (χ1n) is 8.84. The van der Waals surface area contributed by atoms with Gasteiger partial charge in [0.2, 0.25) is 0 Å². The maximum atomic E-state index is 10.7. The van der Waals surface area contributed by atoms with Crippen LogP contribution in [-0.2, 0) is 11.3 Å². The average molecular weight is 511 g/mol. The number of carbonyl (C=O) groups is 1. The van der Waals surface area contributed by atoms with Gasteiger partial charge in [0, 0.05) is 23.3 Å².